The topological polar surface area (TPSA) is 54.5 Å². The van der Waals surface area contributed by atoms with Gasteiger partial charge in [0.2, 0.25) is 10.0 Å². The Morgan fingerprint density at radius 2 is 1.67 bits per heavy atom. The smallest absolute Gasteiger partial charge is 0.243 e. The summed E-state index contributed by atoms with van der Waals surface area (Å²) in [6.45, 7) is 6.39. The summed E-state index contributed by atoms with van der Waals surface area (Å²) in [6.07, 6.45) is 0. The molecule has 0 N–H and O–H groups in total. The summed E-state index contributed by atoms with van der Waals surface area (Å²) in [5, 5.41) is 0. The minimum absolute atomic E-state index is 0.0769. The minimum Gasteiger partial charge on any atom is -0.295 e. The van der Waals surface area contributed by atoms with Crippen LogP contribution >= 0.6 is 0 Å². The summed E-state index contributed by atoms with van der Waals surface area (Å²) in [7, 11) is -3.60. The van der Waals surface area contributed by atoms with Crippen LogP contribution in [0.2, 0.25) is 0 Å². The van der Waals surface area contributed by atoms with E-state index in [1.54, 1.807) is 12.1 Å². The summed E-state index contributed by atoms with van der Waals surface area (Å²) in [5.74, 6) is -0.0769. The lowest BCUT2D eigenvalue weighted by Crippen LogP contribution is -2.44. The van der Waals surface area contributed by atoms with E-state index in [-0.39, 0.29) is 16.1 Å². The molecule has 0 bridgehead atoms. The first-order valence-electron chi connectivity index (χ1n) is 7.91. The first-order valence-corrected chi connectivity index (χ1v) is 9.35. The lowest BCUT2D eigenvalue weighted by atomic mass is 9.79. The number of Topliss-reactive ketones (excluding diaryl/α,β-unsaturated/α-hetero) is 1. The van der Waals surface area contributed by atoms with E-state index in [9.17, 15) is 13.2 Å². The van der Waals surface area contributed by atoms with Crippen LogP contribution in [0.1, 0.15) is 42.3 Å². The fraction of sp³-hybridized carbons (Fsp3) is 0.316. The molecule has 0 aromatic heterocycles. The molecule has 0 saturated heterocycles. The molecule has 3 rings (SSSR count). The van der Waals surface area contributed by atoms with E-state index in [0.29, 0.717) is 18.7 Å². The fourth-order valence-corrected chi connectivity index (χ4v) is 4.85. The Labute approximate surface area is 143 Å². The van der Waals surface area contributed by atoms with Crippen molar-refractivity contribution in [1.29, 1.82) is 0 Å². The van der Waals surface area contributed by atoms with Crippen LogP contribution < -0.4 is 0 Å². The van der Waals surface area contributed by atoms with Crippen LogP contribution in [0.5, 0.6) is 0 Å². The zero-order chi connectivity index (χ0) is 17.5. The molecule has 1 heterocycles. The molecule has 126 valence electrons. The highest BCUT2D eigenvalue weighted by molar-refractivity contribution is 7.89. The van der Waals surface area contributed by atoms with Crippen molar-refractivity contribution in [2.75, 3.05) is 6.54 Å². The fourth-order valence-electron chi connectivity index (χ4n) is 3.27. The van der Waals surface area contributed by atoms with Crippen LogP contribution in [-0.2, 0) is 22.0 Å². The molecule has 0 fully saturated rings. The maximum absolute atomic E-state index is 13.0. The normalized spacial score (nSPS) is 17.3. The molecule has 24 heavy (non-hydrogen) atoms. The summed E-state index contributed by atoms with van der Waals surface area (Å²) < 4.78 is 27.5. The Balaban J connectivity index is 1.98. The summed E-state index contributed by atoms with van der Waals surface area (Å²) in [6, 6.07) is 14.1. The number of ketones is 1. The second-order valence-corrected chi connectivity index (χ2v) is 8.83. The van der Waals surface area contributed by atoms with Gasteiger partial charge in [0, 0.05) is 24.1 Å². The maximum atomic E-state index is 13.0. The van der Waals surface area contributed by atoms with Gasteiger partial charge >= 0.3 is 0 Å². The third kappa shape index (κ3) is 2.89. The first-order chi connectivity index (χ1) is 11.2. The van der Waals surface area contributed by atoms with Gasteiger partial charge in [0.1, 0.15) is 0 Å². The van der Waals surface area contributed by atoms with Gasteiger partial charge in [-0.2, -0.15) is 4.31 Å². The highest BCUT2D eigenvalue weighted by atomic mass is 32.2. The molecule has 0 radical (unpaired) electrons. The number of nitrogens with zero attached hydrogens (tertiary/aromatic N) is 1. The third-order valence-electron chi connectivity index (χ3n) is 4.56. The molecule has 0 unspecified atom stereocenters. The molecule has 1 aliphatic rings. The van der Waals surface area contributed by atoms with Gasteiger partial charge in [0.25, 0.3) is 0 Å². The van der Waals surface area contributed by atoms with Crippen molar-refractivity contribution in [2.45, 2.75) is 37.6 Å². The van der Waals surface area contributed by atoms with Gasteiger partial charge in [0.05, 0.1) is 4.90 Å². The van der Waals surface area contributed by atoms with E-state index < -0.39 is 10.0 Å². The predicted octanol–water partition coefficient (Wildman–Crippen LogP) is 3.37. The second-order valence-electron chi connectivity index (χ2n) is 6.89. The van der Waals surface area contributed by atoms with E-state index in [4.69, 9.17) is 0 Å². The second kappa shape index (κ2) is 5.83. The summed E-state index contributed by atoms with van der Waals surface area (Å²) >= 11 is 0. The van der Waals surface area contributed by atoms with Crippen molar-refractivity contribution in [3.05, 3.63) is 65.2 Å². The number of hydrogen-bond acceptors (Lipinski definition) is 3. The quantitative estimate of drug-likeness (QED) is 0.803. The Morgan fingerprint density at radius 1 is 1.04 bits per heavy atom. The van der Waals surface area contributed by atoms with Gasteiger partial charge in [-0.25, -0.2) is 8.42 Å². The maximum Gasteiger partial charge on any atom is 0.243 e. The number of benzene rings is 2. The van der Waals surface area contributed by atoms with Gasteiger partial charge in [-0.3, -0.25) is 4.79 Å². The van der Waals surface area contributed by atoms with Gasteiger partial charge in [-0.1, -0.05) is 50.2 Å². The zero-order valence-corrected chi connectivity index (χ0v) is 14.9. The Bertz CT molecular complexity index is 883. The number of carbonyl (C=O) groups excluding carboxylic acids is 1. The van der Waals surface area contributed by atoms with Crippen molar-refractivity contribution >= 4 is 15.8 Å². The van der Waals surface area contributed by atoms with Crippen LogP contribution in [0, 0.1) is 0 Å². The molecule has 0 amide bonds. The number of rotatable bonds is 3. The van der Waals surface area contributed by atoms with Crippen molar-refractivity contribution < 1.29 is 13.2 Å². The van der Waals surface area contributed by atoms with Crippen molar-refractivity contribution in [1.82, 2.24) is 4.31 Å². The van der Waals surface area contributed by atoms with Crippen LogP contribution in [0.15, 0.2) is 53.4 Å². The average Bonchev–Trinajstić information content (AvgIpc) is 2.54. The largest absolute Gasteiger partial charge is 0.295 e. The van der Waals surface area contributed by atoms with Crippen LogP contribution in [0.4, 0.5) is 0 Å². The van der Waals surface area contributed by atoms with Crippen LogP contribution in [0.3, 0.4) is 0 Å². The highest BCUT2D eigenvalue weighted by Crippen LogP contribution is 2.35. The van der Waals surface area contributed by atoms with E-state index in [1.165, 1.54) is 28.9 Å². The number of fused-ring (bicyclic) bond motifs is 1. The molecule has 0 aliphatic carbocycles. The first kappa shape index (κ1) is 16.9. The number of hydrogen-bond donors (Lipinski definition) is 0. The highest BCUT2D eigenvalue weighted by Gasteiger charge is 2.37. The van der Waals surface area contributed by atoms with Crippen molar-refractivity contribution in [3.8, 4) is 0 Å². The Kier molecular flexibility index (Phi) is 4.10. The molecule has 0 spiro atoms. The van der Waals surface area contributed by atoms with Gasteiger partial charge in [-0.15, -0.1) is 0 Å². The molecule has 1 aliphatic heterocycles. The van der Waals surface area contributed by atoms with Gasteiger partial charge in [-0.05, 0) is 30.2 Å². The zero-order valence-electron chi connectivity index (χ0n) is 14.1. The average molecular weight is 343 g/mol. The summed E-state index contributed by atoms with van der Waals surface area (Å²) in [4.78, 5) is 11.6. The van der Waals surface area contributed by atoms with Crippen LogP contribution in [0.25, 0.3) is 0 Å². The Hall–Kier alpha value is -1.98. The Morgan fingerprint density at radius 3 is 2.29 bits per heavy atom. The molecule has 5 heteroatoms. The van der Waals surface area contributed by atoms with E-state index in [0.717, 1.165) is 5.56 Å². The lowest BCUT2D eigenvalue weighted by Gasteiger charge is -2.39. The standard InChI is InChI=1S/C19H21NO3S/c1-14(21)15-8-10-17(11-9-15)24(22,23)20-12-16-6-4-5-7-18(16)19(2,3)13-20/h4-11H,12-13H2,1-3H3. The van der Waals surface area contributed by atoms with Crippen LogP contribution in [-0.4, -0.2) is 25.1 Å². The lowest BCUT2D eigenvalue weighted by molar-refractivity contribution is 0.101. The molecular formula is C19H21NO3S. The SMILES string of the molecule is CC(=O)c1ccc(S(=O)(=O)N2Cc3ccccc3C(C)(C)C2)cc1. The van der Waals surface area contributed by atoms with E-state index in [1.807, 2.05) is 18.2 Å². The molecule has 4 nitrogen and oxygen atoms in total. The van der Waals surface area contributed by atoms with Gasteiger partial charge in [0.15, 0.2) is 5.78 Å². The monoisotopic (exact) mass is 343 g/mol. The van der Waals surface area contributed by atoms with E-state index in [2.05, 4.69) is 19.9 Å². The molecule has 2 aromatic rings. The third-order valence-corrected chi connectivity index (χ3v) is 6.37. The molecule has 2 aromatic carbocycles. The van der Waals surface area contributed by atoms with Crippen molar-refractivity contribution in [2.24, 2.45) is 0 Å². The van der Waals surface area contributed by atoms with Crippen molar-refractivity contribution in [3.63, 3.8) is 0 Å². The molecule has 0 saturated carbocycles. The number of carbonyl (C=O) groups is 1. The number of sulfonamides is 1. The van der Waals surface area contributed by atoms with E-state index >= 15 is 0 Å². The van der Waals surface area contributed by atoms with Gasteiger partial charge < -0.3 is 0 Å². The predicted molar refractivity (Wildman–Crippen MR) is 93.5 cm³/mol. The molecule has 0 atom stereocenters. The molecular weight excluding hydrogens is 322 g/mol. The minimum atomic E-state index is -3.60. The summed E-state index contributed by atoms with van der Waals surface area (Å²) in [5.41, 5.74) is 2.50.